The van der Waals surface area contributed by atoms with Crippen LogP contribution in [-0.2, 0) is 11.3 Å². The van der Waals surface area contributed by atoms with E-state index >= 15 is 0 Å². The molecule has 0 amide bonds. The molecule has 1 heterocycles. The van der Waals surface area contributed by atoms with E-state index < -0.39 is 0 Å². The van der Waals surface area contributed by atoms with Crippen molar-refractivity contribution >= 4 is 41.3 Å². The molecule has 0 saturated heterocycles. The summed E-state index contributed by atoms with van der Waals surface area (Å²) in [5.74, 6) is 1.93. The number of guanidine groups is 1. The van der Waals surface area contributed by atoms with Crippen LogP contribution in [0.1, 0.15) is 69.2 Å². The normalized spacial score (nSPS) is 16.4. The van der Waals surface area contributed by atoms with E-state index in [0.29, 0.717) is 0 Å². The maximum absolute atomic E-state index is 5.35. The van der Waals surface area contributed by atoms with Gasteiger partial charge in [0.15, 0.2) is 5.96 Å². The maximum Gasteiger partial charge on any atom is 0.194 e. The smallest absolute Gasteiger partial charge is 0.194 e. The van der Waals surface area contributed by atoms with Crippen molar-refractivity contribution in [3.63, 3.8) is 0 Å². The Hall–Kier alpha value is -0.410. The van der Waals surface area contributed by atoms with Crippen LogP contribution in [-0.4, -0.2) is 43.1 Å². The zero-order valence-electron chi connectivity index (χ0n) is 16.7. The van der Waals surface area contributed by atoms with E-state index in [1.54, 1.807) is 18.4 Å². The van der Waals surface area contributed by atoms with Crippen LogP contribution in [0.3, 0.4) is 0 Å². The van der Waals surface area contributed by atoms with Crippen molar-refractivity contribution in [3.05, 3.63) is 16.1 Å². The van der Waals surface area contributed by atoms with Crippen LogP contribution < -0.4 is 5.32 Å². The van der Waals surface area contributed by atoms with Gasteiger partial charge in [0.05, 0.1) is 12.2 Å². The average molecular weight is 494 g/mol. The van der Waals surface area contributed by atoms with E-state index in [9.17, 15) is 0 Å². The van der Waals surface area contributed by atoms with Crippen LogP contribution in [0.4, 0.5) is 0 Å². The summed E-state index contributed by atoms with van der Waals surface area (Å²) in [6.07, 6.45) is 8.29. The fourth-order valence-corrected chi connectivity index (χ4v) is 4.18. The first-order valence-electron chi connectivity index (χ1n) is 9.60. The minimum absolute atomic E-state index is 0. The number of thiazole rings is 1. The van der Waals surface area contributed by atoms with Gasteiger partial charge in [-0.15, -0.1) is 35.3 Å². The number of hydrogen-bond donors (Lipinski definition) is 1. The lowest BCUT2D eigenvalue weighted by molar-refractivity contribution is 0.119. The molecule has 1 aliphatic rings. The Labute approximate surface area is 180 Å². The van der Waals surface area contributed by atoms with Crippen molar-refractivity contribution in [2.24, 2.45) is 10.9 Å². The first kappa shape index (κ1) is 23.6. The molecule has 0 aliphatic heterocycles. The van der Waals surface area contributed by atoms with Crippen LogP contribution in [0.15, 0.2) is 10.4 Å². The third-order valence-electron chi connectivity index (χ3n) is 4.87. The maximum atomic E-state index is 5.35. The molecule has 1 fully saturated rings. The van der Waals surface area contributed by atoms with Gasteiger partial charge >= 0.3 is 0 Å². The Balaban J connectivity index is 0.00000338. The van der Waals surface area contributed by atoms with Crippen LogP contribution in [0.25, 0.3) is 0 Å². The van der Waals surface area contributed by atoms with Crippen LogP contribution in [0.2, 0.25) is 0 Å². The molecular weight excluding hydrogens is 459 g/mol. The lowest BCUT2D eigenvalue weighted by Gasteiger charge is -2.21. The number of halogens is 1. The van der Waals surface area contributed by atoms with Crippen LogP contribution in [0.5, 0.6) is 0 Å². The van der Waals surface area contributed by atoms with Gasteiger partial charge in [-0.3, -0.25) is 4.99 Å². The third-order valence-corrected chi connectivity index (χ3v) is 5.93. The summed E-state index contributed by atoms with van der Waals surface area (Å²) < 4.78 is 5.35. The predicted octanol–water partition coefficient (Wildman–Crippen LogP) is 4.84. The molecule has 0 radical (unpaired) electrons. The second-order valence-corrected chi connectivity index (χ2v) is 7.83. The standard InChI is InChI=1S/C19H34N4OS.HI/c1-5-20-19(21-12-8-11-16-9-6-7-10-16)23(3)13-17-14-25-18(22-17)15(2)24-4;/h14-16H,5-13H2,1-4H3,(H,20,21);1H. The summed E-state index contributed by atoms with van der Waals surface area (Å²) in [6, 6.07) is 0. The van der Waals surface area contributed by atoms with Crippen molar-refractivity contribution in [2.45, 2.75) is 65.0 Å². The number of nitrogens with zero attached hydrogens (tertiary/aromatic N) is 3. The van der Waals surface area contributed by atoms with E-state index in [0.717, 1.165) is 42.2 Å². The van der Waals surface area contributed by atoms with Crippen LogP contribution >= 0.6 is 35.3 Å². The third kappa shape index (κ3) is 7.68. The molecule has 7 heteroatoms. The average Bonchev–Trinajstić information content (AvgIpc) is 3.28. The lowest BCUT2D eigenvalue weighted by atomic mass is 10.0. The molecule has 0 aromatic carbocycles. The molecule has 0 spiro atoms. The molecular formula is C19H35IN4OS. The number of aliphatic imine (C=N–C) groups is 1. The molecule has 5 nitrogen and oxygen atoms in total. The highest BCUT2D eigenvalue weighted by molar-refractivity contribution is 14.0. The summed E-state index contributed by atoms with van der Waals surface area (Å²) in [6.45, 7) is 6.70. The van der Waals surface area contributed by atoms with Gasteiger partial charge in [-0.25, -0.2) is 4.98 Å². The highest BCUT2D eigenvalue weighted by Crippen LogP contribution is 2.28. The fourth-order valence-electron chi connectivity index (χ4n) is 3.33. The van der Waals surface area contributed by atoms with Crippen molar-refractivity contribution in [1.29, 1.82) is 0 Å². The zero-order chi connectivity index (χ0) is 18.1. The van der Waals surface area contributed by atoms with Crippen molar-refractivity contribution < 1.29 is 4.74 Å². The molecule has 1 N–H and O–H groups in total. The lowest BCUT2D eigenvalue weighted by Crippen LogP contribution is -2.38. The van der Waals surface area contributed by atoms with Gasteiger partial charge in [-0.1, -0.05) is 25.7 Å². The highest BCUT2D eigenvalue weighted by Gasteiger charge is 2.15. The fraction of sp³-hybridized carbons (Fsp3) is 0.789. The molecule has 0 bridgehead atoms. The summed E-state index contributed by atoms with van der Waals surface area (Å²) >= 11 is 1.66. The van der Waals surface area contributed by atoms with Gasteiger partial charge in [0, 0.05) is 32.6 Å². The molecule has 1 saturated carbocycles. The van der Waals surface area contributed by atoms with E-state index in [2.05, 4.69) is 34.6 Å². The Bertz CT molecular complexity index is 531. The number of methoxy groups -OCH3 is 1. The Morgan fingerprint density at radius 2 is 2.19 bits per heavy atom. The number of rotatable bonds is 9. The monoisotopic (exact) mass is 494 g/mol. The minimum atomic E-state index is 0. The van der Waals surface area contributed by atoms with Gasteiger partial charge in [0.2, 0.25) is 0 Å². The van der Waals surface area contributed by atoms with E-state index in [1.165, 1.54) is 38.5 Å². The number of nitrogens with one attached hydrogen (secondary N) is 1. The molecule has 1 atom stereocenters. The van der Waals surface area contributed by atoms with E-state index in [4.69, 9.17) is 9.73 Å². The number of aromatic nitrogens is 1. The summed E-state index contributed by atoms with van der Waals surface area (Å²) in [5, 5.41) is 6.55. The molecule has 1 aliphatic carbocycles. The van der Waals surface area contributed by atoms with Gasteiger partial charge in [-0.2, -0.15) is 0 Å². The second kappa shape index (κ2) is 12.9. The minimum Gasteiger partial charge on any atom is -0.375 e. The quantitative estimate of drug-likeness (QED) is 0.231. The topological polar surface area (TPSA) is 49.8 Å². The van der Waals surface area contributed by atoms with Gasteiger partial charge in [0.1, 0.15) is 11.1 Å². The summed E-state index contributed by atoms with van der Waals surface area (Å²) in [4.78, 5) is 11.7. The van der Waals surface area contributed by atoms with Crippen molar-refractivity contribution in [1.82, 2.24) is 15.2 Å². The van der Waals surface area contributed by atoms with Gasteiger partial charge in [0.25, 0.3) is 0 Å². The largest absolute Gasteiger partial charge is 0.375 e. The number of ether oxygens (including phenoxy) is 1. The first-order valence-corrected chi connectivity index (χ1v) is 10.5. The second-order valence-electron chi connectivity index (χ2n) is 6.94. The molecule has 1 unspecified atom stereocenters. The SMILES string of the molecule is CCNC(=NCCCC1CCCC1)N(C)Cc1csc(C(C)OC)n1.I. The molecule has 2 rings (SSSR count). The molecule has 1 aromatic heterocycles. The Morgan fingerprint density at radius 3 is 2.85 bits per heavy atom. The molecule has 1 aromatic rings. The Morgan fingerprint density at radius 1 is 1.46 bits per heavy atom. The van der Waals surface area contributed by atoms with Crippen LogP contribution in [0, 0.1) is 5.92 Å². The van der Waals surface area contributed by atoms with Crippen molar-refractivity contribution in [2.75, 3.05) is 27.2 Å². The Kier molecular flexibility index (Phi) is 11.7. The summed E-state index contributed by atoms with van der Waals surface area (Å²) in [7, 11) is 3.80. The van der Waals surface area contributed by atoms with Gasteiger partial charge < -0.3 is 15.0 Å². The number of hydrogen-bond acceptors (Lipinski definition) is 4. The van der Waals surface area contributed by atoms with Crippen molar-refractivity contribution in [3.8, 4) is 0 Å². The van der Waals surface area contributed by atoms with E-state index in [1.807, 2.05) is 6.92 Å². The molecule has 150 valence electrons. The highest BCUT2D eigenvalue weighted by atomic mass is 127. The predicted molar refractivity (Wildman–Crippen MR) is 122 cm³/mol. The summed E-state index contributed by atoms with van der Waals surface area (Å²) in [5.41, 5.74) is 1.07. The molecule has 26 heavy (non-hydrogen) atoms. The zero-order valence-corrected chi connectivity index (χ0v) is 19.8. The van der Waals surface area contributed by atoms with E-state index in [-0.39, 0.29) is 30.1 Å². The first-order chi connectivity index (χ1) is 12.1. The van der Waals surface area contributed by atoms with Gasteiger partial charge in [-0.05, 0) is 32.6 Å².